The molecule has 0 fully saturated rings. The number of para-hydroxylation sites is 1. The number of thiophene rings is 1. The SMILES string of the molecule is N=C(N)c1cc2ccc(OCc3ccccc3[N+](=O)[O-])cc2s1. The van der Waals surface area contributed by atoms with Gasteiger partial charge in [-0.1, -0.05) is 12.1 Å². The van der Waals surface area contributed by atoms with Crippen molar-refractivity contribution in [2.24, 2.45) is 5.73 Å². The minimum Gasteiger partial charge on any atom is -0.489 e. The summed E-state index contributed by atoms with van der Waals surface area (Å²) < 4.78 is 6.63. The fourth-order valence-electron chi connectivity index (χ4n) is 2.21. The maximum absolute atomic E-state index is 11.0. The first kappa shape index (κ1) is 15.0. The van der Waals surface area contributed by atoms with Crippen molar-refractivity contribution in [2.75, 3.05) is 0 Å². The van der Waals surface area contributed by atoms with E-state index in [0.29, 0.717) is 16.2 Å². The molecule has 0 unspecified atom stereocenters. The van der Waals surface area contributed by atoms with Crippen LogP contribution >= 0.6 is 11.3 Å². The number of rotatable bonds is 5. The molecular formula is C16H13N3O3S. The normalized spacial score (nSPS) is 10.6. The van der Waals surface area contributed by atoms with Crippen LogP contribution < -0.4 is 10.5 Å². The second-order valence-electron chi connectivity index (χ2n) is 4.90. The molecule has 6 nitrogen and oxygen atoms in total. The van der Waals surface area contributed by atoms with Gasteiger partial charge in [0.25, 0.3) is 5.69 Å². The molecule has 116 valence electrons. The van der Waals surface area contributed by atoms with E-state index >= 15 is 0 Å². The third-order valence-corrected chi connectivity index (χ3v) is 4.47. The van der Waals surface area contributed by atoms with Crippen molar-refractivity contribution in [1.82, 2.24) is 0 Å². The van der Waals surface area contributed by atoms with Crippen LogP contribution in [0.1, 0.15) is 10.4 Å². The smallest absolute Gasteiger partial charge is 0.276 e. The van der Waals surface area contributed by atoms with Crippen molar-refractivity contribution >= 4 is 32.9 Å². The zero-order chi connectivity index (χ0) is 16.4. The Morgan fingerprint density at radius 3 is 2.78 bits per heavy atom. The molecule has 0 aliphatic rings. The highest BCUT2D eigenvalue weighted by molar-refractivity contribution is 7.20. The van der Waals surface area contributed by atoms with E-state index < -0.39 is 4.92 Å². The summed E-state index contributed by atoms with van der Waals surface area (Å²) in [6, 6.07) is 13.9. The Morgan fingerprint density at radius 1 is 1.26 bits per heavy atom. The van der Waals surface area contributed by atoms with Gasteiger partial charge in [0.1, 0.15) is 18.2 Å². The first-order valence-electron chi connectivity index (χ1n) is 6.77. The van der Waals surface area contributed by atoms with Crippen LogP contribution in [0.5, 0.6) is 5.75 Å². The summed E-state index contributed by atoms with van der Waals surface area (Å²) in [5.41, 5.74) is 6.06. The van der Waals surface area contributed by atoms with E-state index in [2.05, 4.69) is 0 Å². The molecule has 0 aliphatic carbocycles. The molecule has 0 saturated heterocycles. The molecule has 23 heavy (non-hydrogen) atoms. The molecule has 2 aromatic carbocycles. The zero-order valence-corrected chi connectivity index (χ0v) is 12.8. The standard InChI is InChI=1S/C16H13N3O3S/c17-16(18)15-7-10-5-6-12(8-14(10)23-15)22-9-11-3-1-2-4-13(11)19(20)21/h1-8H,9H2,(H3,17,18). The topological polar surface area (TPSA) is 102 Å². The van der Waals surface area contributed by atoms with Crippen molar-refractivity contribution < 1.29 is 9.66 Å². The average Bonchev–Trinajstić information content (AvgIpc) is 2.96. The molecular weight excluding hydrogens is 314 g/mol. The Bertz CT molecular complexity index is 904. The highest BCUT2D eigenvalue weighted by Gasteiger charge is 2.13. The van der Waals surface area contributed by atoms with Crippen LogP contribution in [0.25, 0.3) is 10.1 Å². The number of hydrogen-bond acceptors (Lipinski definition) is 5. The molecule has 7 heteroatoms. The Morgan fingerprint density at radius 2 is 2.04 bits per heavy atom. The Hall–Kier alpha value is -2.93. The van der Waals surface area contributed by atoms with Crippen LogP contribution in [-0.4, -0.2) is 10.8 Å². The number of nitrogens with two attached hydrogens (primary N) is 1. The minimum atomic E-state index is -0.416. The highest BCUT2D eigenvalue weighted by atomic mass is 32.1. The van der Waals surface area contributed by atoms with Crippen LogP contribution in [0.3, 0.4) is 0 Å². The van der Waals surface area contributed by atoms with Gasteiger partial charge >= 0.3 is 0 Å². The first-order chi connectivity index (χ1) is 11.0. The fourth-order valence-corrected chi connectivity index (χ4v) is 3.16. The van der Waals surface area contributed by atoms with Gasteiger partial charge in [-0.05, 0) is 35.7 Å². The van der Waals surface area contributed by atoms with Crippen molar-refractivity contribution in [1.29, 1.82) is 5.41 Å². The summed E-state index contributed by atoms with van der Waals surface area (Å²) in [5.74, 6) is 0.654. The van der Waals surface area contributed by atoms with E-state index in [1.807, 2.05) is 18.2 Å². The van der Waals surface area contributed by atoms with E-state index in [4.69, 9.17) is 15.9 Å². The predicted molar refractivity (Wildman–Crippen MR) is 90.3 cm³/mol. The van der Waals surface area contributed by atoms with Crippen molar-refractivity contribution in [2.45, 2.75) is 6.61 Å². The van der Waals surface area contributed by atoms with Gasteiger partial charge in [-0.15, -0.1) is 11.3 Å². The Balaban J connectivity index is 1.82. The Labute approximate surface area is 135 Å². The van der Waals surface area contributed by atoms with E-state index in [-0.39, 0.29) is 18.1 Å². The molecule has 1 heterocycles. The number of fused-ring (bicyclic) bond motifs is 1. The van der Waals surface area contributed by atoms with E-state index in [0.717, 1.165) is 10.1 Å². The monoisotopic (exact) mass is 327 g/mol. The first-order valence-corrected chi connectivity index (χ1v) is 7.59. The van der Waals surface area contributed by atoms with Crippen LogP contribution in [0.2, 0.25) is 0 Å². The average molecular weight is 327 g/mol. The van der Waals surface area contributed by atoms with Gasteiger partial charge < -0.3 is 10.5 Å². The van der Waals surface area contributed by atoms with Gasteiger partial charge in [0.15, 0.2) is 0 Å². The summed E-state index contributed by atoms with van der Waals surface area (Å²) >= 11 is 1.41. The largest absolute Gasteiger partial charge is 0.489 e. The van der Waals surface area contributed by atoms with Gasteiger partial charge in [-0.2, -0.15) is 0 Å². The maximum Gasteiger partial charge on any atom is 0.276 e. The van der Waals surface area contributed by atoms with E-state index in [9.17, 15) is 10.1 Å². The predicted octanol–water partition coefficient (Wildman–Crippen LogP) is 3.67. The molecule has 3 N–H and O–H groups in total. The van der Waals surface area contributed by atoms with Gasteiger partial charge in [0.05, 0.1) is 15.4 Å². The molecule has 3 aromatic rings. The number of nitrogens with zero attached hydrogens (tertiary/aromatic N) is 1. The number of nitrogen functional groups attached to an aromatic ring is 1. The number of hydrogen-bond donors (Lipinski definition) is 2. The molecule has 0 bridgehead atoms. The number of nitro groups is 1. The van der Waals surface area contributed by atoms with E-state index in [1.165, 1.54) is 17.4 Å². The van der Waals surface area contributed by atoms with Crippen molar-refractivity contribution in [3.8, 4) is 5.75 Å². The highest BCUT2D eigenvalue weighted by Crippen LogP contribution is 2.29. The van der Waals surface area contributed by atoms with Gasteiger partial charge in [0, 0.05) is 10.8 Å². The zero-order valence-electron chi connectivity index (χ0n) is 12.0. The second-order valence-corrected chi connectivity index (χ2v) is 5.98. The van der Waals surface area contributed by atoms with Crippen LogP contribution in [0.15, 0.2) is 48.5 Å². The number of ether oxygens (including phenoxy) is 1. The third-order valence-electron chi connectivity index (χ3n) is 3.34. The summed E-state index contributed by atoms with van der Waals surface area (Å²) in [6.07, 6.45) is 0. The fraction of sp³-hybridized carbons (Fsp3) is 0.0625. The minimum absolute atomic E-state index is 0.0357. The lowest BCUT2D eigenvalue weighted by molar-refractivity contribution is -0.385. The summed E-state index contributed by atoms with van der Waals surface area (Å²) in [4.78, 5) is 11.3. The number of nitrogens with one attached hydrogen (secondary N) is 1. The molecule has 0 amide bonds. The molecule has 0 aliphatic heterocycles. The number of benzene rings is 2. The quantitative estimate of drug-likeness (QED) is 0.323. The molecule has 0 atom stereocenters. The molecule has 0 saturated carbocycles. The summed E-state index contributed by atoms with van der Waals surface area (Å²) in [6.45, 7) is 0.119. The van der Waals surface area contributed by atoms with Crippen LogP contribution in [-0.2, 0) is 6.61 Å². The summed E-state index contributed by atoms with van der Waals surface area (Å²) in [7, 11) is 0. The molecule has 0 radical (unpaired) electrons. The van der Waals surface area contributed by atoms with Gasteiger partial charge in [0.2, 0.25) is 0 Å². The van der Waals surface area contributed by atoms with Gasteiger partial charge in [-0.3, -0.25) is 15.5 Å². The molecule has 0 spiro atoms. The number of nitro benzene ring substituents is 1. The lowest BCUT2D eigenvalue weighted by Gasteiger charge is -2.06. The van der Waals surface area contributed by atoms with Crippen molar-refractivity contribution in [3.63, 3.8) is 0 Å². The lowest BCUT2D eigenvalue weighted by Crippen LogP contribution is -2.08. The lowest BCUT2D eigenvalue weighted by atomic mass is 10.2. The summed E-state index contributed by atoms with van der Waals surface area (Å²) in [5, 5.41) is 19.5. The maximum atomic E-state index is 11.0. The van der Waals surface area contributed by atoms with Gasteiger partial charge in [-0.25, -0.2) is 0 Å². The molecule has 3 rings (SSSR count). The number of amidine groups is 1. The Kier molecular flexibility index (Phi) is 3.94. The third kappa shape index (κ3) is 3.14. The van der Waals surface area contributed by atoms with Crippen LogP contribution in [0.4, 0.5) is 5.69 Å². The van der Waals surface area contributed by atoms with Crippen LogP contribution in [0, 0.1) is 15.5 Å². The molecule has 1 aromatic heterocycles. The second kappa shape index (κ2) is 6.05. The van der Waals surface area contributed by atoms with E-state index in [1.54, 1.807) is 24.3 Å². The van der Waals surface area contributed by atoms with Crippen molar-refractivity contribution in [3.05, 3.63) is 69.1 Å².